The Labute approximate surface area is 110 Å². The predicted octanol–water partition coefficient (Wildman–Crippen LogP) is 2.59. The van der Waals surface area contributed by atoms with Crippen molar-refractivity contribution in [2.45, 2.75) is 45.2 Å². The average molecular weight is 247 g/mol. The molecule has 100 valence electrons. The van der Waals surface area contributed by atoms with E-state index in [1.807, 2.05) is 12.4 Å². The quantitative estimate of drug-likeness (QED) is 0.889. The summed E-state index contributed by atoms with van der Waals surface area (Å²) < 4.78 is 0. The Morgan fingerprint density at radius 2 is 2.17 bits per heavy atom. The number of hydrogen-bond donors (Lipinski definition) is 1. The van der Waals surface area contributed by atoms with Crippen LogP contribution in [0.5, 0.6) is 0 Å². The van der Waals surface area contributed by atoms with Crippen LogP contribution in [-0.2, 0) is 0 Å². The zero-order valence-electron chi connectivity index (χ0n) is 11.5. The minimum atomic E-state index is 0.444. The van der Waals surface area contributed by atoms with Crippen molar-refractivity contribution in [2.24, 2.45) is 11.7 Å². The smallest absolute Gasteiger partial charge is 0.0324 e. The first kappa shape index (κ1) is 13.5. The largest absolute Gasteiger partial charge is 0.329 e. The van der Waals surface area contributed by atoms with Crippen molar-refractivity contribution in [1.29, 1.82) is 0 Å². The summed E-state index contributed by atoms with van der Waals surface area (Å²) in [7, 11) is 0. The first-order chi connectivity index (χ1) is 8.76. The van der Waals surface area contributed by atoms with E-state index in [0.29, 0.717) is 12.1 Å². The Morgan fingerprint density at radius 3 is 2.78 bits per heavy atom. The van der Waals surface area contributed by atoms with E-state index in [2.05, 4.69) is 35.9 Å². The van der Waals surface area contributed by atoms with Crippen LogP contribution in [0.1, 0.15) is 44.7 Å². The van der Waals surface area contributed by atoms with Crippen LogP contribution in [0, 0.1) is 5.92 Å². The number of nitrogens with two attached hydrogens (primary N) is 1. The molecule has 1 fully saturated rings. The number of nitrogens with zero attached hydrogens (tertiary/aromatic N) is 2. The maximum absolute atomic E-state index is 5.97. The van der Waals surface area contributed by atoms with E-state index in [4.69, 9.17) is 5.73 Å². The van der Waals surface area contributed by atoms with Gasteiger partial charge in [0, 0.05) is 31.0 Å². The SMILES string of the molecule is CCC1CCN(C(C)c2ccncc2)C(CN)C1. The molecular weight excluding hydrogens is 222 g/mol. The summed E-state index contributed by atoms with van der Waals surface area (Å²) >= 11 is 0. The molecule has 0 amide bonds. The van der Waals surface area contributed by atoms with Crippen LogP contribution in [0.2, 0.25) is 0 Å². The highest BCUT2D eigenvalue weighted by Gasteiger charge is 2.30. The molecule has 3 atom stereocenters. The maximum atomic E-state index is 5.97. The molecule has 18 heavy (non-hydrogen) atoms. The van der Waals surface area contributed by atoms with E-state index in [-0.39, 0.29) is 0 Å². The summed E-state index contributed by atoms with van der Waals surface area (Å²) in [5.41, 5.74) is 7.32. The summed E-state index contributed by atoms with van der Waals surface area (Å²) in [5.74, 6) is 0.861. The Hall–Kier alpha value is -0.930. The second kappa shape index (κ2) is 6.30. The molecule has 0 radical (unpaired) electrons. The Kier molecular flexibility index (Phi) is 4.72. The summed E-state index contributed by atoms with van der Waals surface area (Å²) in [4.78, 5) is 6.67. The van der Waals surface area contributed by atoms with Crippen LogP contribution in [0.3, 0.4) is 0 Å². The van der Waals surface area contributed by atoms with Gasteiger partial charge in [-0.2, -0.15) is 0 Å². The van der Waals surface area contributed by atoms with Gasteiger partial charge in [-0.1, -0.05) is 13.3 Å². The molecule has 2 heterocycles. The zero-order valence-corrected chi connectivity index (χ0v) is 11.5. The van der Waals surface area contributed by atoms with Crippen LogP contribution in [-0.4, -0.2) is 29.0 Å². The maximum Gasteiger partial charge on any atom is 0.0324 e. The molecule has 2 N–H and O–H groups in total. The van der Waals surface area contributed by atoms with Crippen LogP contribution in [0.25, 0.3) is 0 Å². The fourth-order valence-electron chi connectivity index (χ4n) is 3.10. The van der Waals surface area contributed by atoms with Crippen LogP contribution >= 0.6 is 0 Å². The summed E-state index contributed by atoms with van der Waals surface area (Å²) in [5, 5.41) is 0. The molecule has 3 unspecified atom stereocenters. The van der Waals surface area contributed by atoms with Crippen molar-refractivity contribution in [1.82, 2.24) is 9.88 Å². The molecule has 1 aliphatic heterocycles. The lowest BCUT2D eigenvalue weighted by Crippen LogP contribution is -2.47. The van der Waals surface area contributed by atoms with E-state index in [9.17, 15) is 0 Å². The number of rotatable bonds is 4. The molecule has 1 aromatic rings. The molecule has 0 spiro atoms. The minimum absolute atomic E-state index is 0.444. The van der Waals surface area contributed by atoms with Crippen molar-refractivity contribution < 1.29 is 0 Å². The van der Waals surface area contributed by atoms with Gasteiger partial charge in [0.2, 0.25) is 0 Å². The van der Waals surface area contributed by atoms with E-state index in [1.54, 1.807) is 0 Å². The number of aromatic nitrogens is 1. The topological polar surface area (TPSA) is 42.2 Å². The van der Waals surface area contributed by atoms with Crippen molar-refractivity contribution in [3.63, 3.8) is 0 Å². The molecule has 0 bridgehead atoms. The molecule has 0 aromatic carbocycles. The number of hydrogen-bond acceptors (Lipinski definition) is 3. The molecule has 0 aliphatic carbocycles. The van der Waals surface area contributed by atoms with Crippen molar-refractivity contribution >= 4 is 0 Å². The summed E-state index contributed by atoms with van der Waals surface area (Å²) in [6.45, 7) is 6.51. The standard InChI is InChI=1S/C15H25N3/c1-3-13-6-9-18(15(10-13)11-16)12(2)14-4-7-17-8-5-14/h4-5,7-8,12-13,15H,3,6,9-11,16H2,1-2H3. The Bertz CT molecular complexity index is 352. The van der Waals surface area contributed by atoms with E-state index in [1.165, 1.54) is 31.4 Å². The fourth-order valence-corrected chi connectivity index (χ4v) is 3.10. The lowest BCUT2D eigenvalue weighted by molar-refractivity contribution is 0.0772. The normalized spacial score (nSPS) is 27.1. The third-order valence-electron chi connectivity index (χ3n) is 4.41. The second-order valence-corrected chi connectivity index (χ2v) is 5.38. The van der Waals surface area contributed by atoms with Crippen molar-refractivity contribution in [3.05, 3.63) is 30.1 Å². The van der Waals surface area contributed by atoms with Gasteiger partial charge in [-0.25, -0.2) is 0 Å². The molecule has 3 nitrogen and oxygen atoms in total. The van der Waals surface area contributed by atoms with Crippen LogP contribution in [0.15, 0.2) is 24.5 Å². The molecule has 2 rings (SSSR count). The van der Waals surface area contributed by atoms with Crippen molar-refractivity contribution in [3.8, 4) is 0 Å². The van der Waals surface area contributed by atoms with Gasteiger partial charge in [-0.05, 0) is 49.9 Å². The highest BCUT2D eigenvalue weighted by molar-refractivity contribution is 5.15. The Balaban J connectivity index is 2.07. The van der Waals surface area contributed by atoms with E-state index < -0.39 is 0 Å². The zero-order chi connectivity index (χ0) is 13.0. The van der Waals surface area contributed by atoms with Gasteiger partial charge in [0.15, 0.2) is 0 Å². The molecular formula is C15H25N3. The molecule has 1 aromatic heterocycles. The Morgan fingerprint density at radius 1 is 1.44 bits per heavy atom. The predicted molar refractivity (Wildman–Crippen MR) is 75.2 cm³/mol. The van der Waals surface area contributed by atoms with Crippen molar-refractivity contribution in [2.75, 3.05) is 13.1 Å². The number of piperidine rings is 1. The number of likely N-dealkylation sites (tertiary alicyclic amines) is 1. The van der Waals surface area contributed by atoms with E-state index in [0.717, 1.165) is 12.5 Å². The van der Waals surface area contributed by atoms with Gasteiger partial charge in [0.05, 0.1) is 0 Å². The highest BCUT2D eigenvalue weighted by Crippen LogP contribution is 2.31. The van der Waals surface area contributed by atoms with Gasteiger partial charge < -0.3 is 5.73 Å². The van der Waals surface area contributed by atoms with E-state index >= 15 is 0 Å². The van der Waals surface area contributed by atoms with Crippen LogP contribution < -0.4 is 5.73 Å². The molecule has 1 saturated heterocycles. The van der Waals surface area contributed by atoms with Gasteiger partial charge in [-0.15, -0.1) is 0 Å². The van der Waals surface area contributed by atoms with Gasteiger partial charge in [0.1, 0.15) is 0 Å². The first-order valence-corrected chi connectivity index (χ1v) is 7.12. The molecule has 1 aliphatic rings. The average Bonchev–Trinajstić information content (AvgIpc) is 2.46. The van der Waals surface area contributed by atoms with Crippen LogP contribution in [0.4, 0.5) is 0 Å². The van der Waals surface area contributed by atoms with Gasteiger partial charge >= 0.3 is 0 Å². The monoisotopic (exact) mass is 247 g/mol. The highest BCUT2D eigenvalue weighted by atomic mass is 15.2. The lowest BCUT2D eigenvalue weighted by Gasteiger charge is -2.42. The second-order valence-electron chi connectivity index (χ2n) is 5.38. The summed E-state index contributed by atoms with van der Waals surface area (Å²) in [6.07, 6.45) is 7.60. The third kappa shape index (κ3) is 2.90. The fraction of sp³-hybridized carbons (Fsp3) is 0.667. The lowest BCUT2D eigenvalue weighted by atomic mass is 9.87. The molecule has 3 heteroatoms. The third-order valence-corrected chi connectivity index (χ3v) is 4.41. The first-order valence-electron chi connectivity index (χ1n) is 7.12. The minimum Gasteiger partial charge on any atom is -0.329 e. The molecule has 0 saturated carbocycles. The summed E-state index contributed by atoms with van der Waals surface area (Å²) in [6, 6.07) is 5.21. The van der Waals surface area contributed by atoms with Gasteiger partial charge in [-0.3, -0.25) is 9.88 Å². The number of pyridine rings is 1. The van der Waals surface area contributed by atoms with Gasteiger partial charge in [0.25, 0.3) is 0 Å².